The van der Waals surface area contributed by atoms with Crippen LogP contribution < -0.4 is 5.73 Å². The standard InChI is InChI=1S/C20H14ClFN2O/c21-13-5-1-4-12(10-13)11-24-17-9-3-7-15(20(23)25)18(17)14-6-2-8-16(22)19(14)24/h1-10H,11H2,(H2,23,25). The molecule has 1 heterocycles. The zero-order chi connectivity index (χ0) is 17.6. The number of primary amides is 1. The Morgan fingerprint density at radius 3 is 2.60 bits per heavy atom. The number of hydrogen-bond acceptors (Lipinski definition) is 1. The minimum Gasteiger partial charge on any atom is -0.366 e. The molecule has 1 aromatic heterocycles. The molecule has 0 aliphatic heterocycles. The SMILES string of the molecule is NC(=O)c1cccc2c1c1cccc(F)c1n2Cc1cccc(Cl)c1. The highest BCUT2D eigenvalue weighted by Gasteiger charge is 2.18. The predicted molar refractivity (Wildman–Crippen MR) is 98.5 cm³/mol. The number of benzene rings is 3. The average molecular weight is 353 g/mol. The molecule has 0 radical (unpaired) electrons. The van der Waals surface area contributed by atoms with Crippen LogP contribution in [-0.4, -0.2) is 10.5 Å². The smallest absolute Gasteiger partial charge is 0.249 e. The summed E-state index contributed by atoms with van der Waals surface area (Å²) in [6.07, 6.45) is 0. The van der Waals surface area contributed by atoms with Gasteiger partial charge in [-0.25, -0.2) is 4.39 Å². The molecule has 0 atom stereocenters. The van der Waals surface area contributed by atoms with Crippen LogP contribution in [0.15, 0.2) is 60.7 Å². The molecule has 25 heavy (non-hydrogen) atoms. The summed E-state index contributed by atoms with van der Waals surface area (Å²) in [6.45, 7) is 0.434. The Kier molecular flexibility index (Phi) is 3.70. The maximum atomic E-state index is 14.6. The van der Waals surface area contributed by atoms with Gasteiger partial charge in [-0.2, -0.15) is 0 Å². The Balaban J connectivity index is 2.08. The van der Waals surface area contributed by atoms with Gasteiger partial charge in [-0.1, -0.05) is 41.9 Å². The quantitative estimate of drug-likeness (QED) is 0.569. The minimum atomic E-state index is -0.531. The van der Waals surface area contributed by atoms with Crippen molar-refractivity contribution in [2.24, 2.45) is 5.73 Å². The molecule has 3 aromatic carbocycles. The lowest BCUT2D eigenvalue weighted by atomic mass is 10.1. The first-order valence-electron chi connectivity index (χ1n) is 7.80. The third-order valence-corrected chi connectivity index (χ3v) is 4.59. The fourth-order valence-electron chi connectivity index (χ4n) is 3.35. The molecule has 5 heteroatoms. The van der Waals surface area contributed by atoms with E-state index in [2.05, 4.69) is 0 Å². The molecule has 0 bridgehead atoms. The van der Waals surface area contributed by atoms with E-state index in [1.165, 1.54) is 6.07 Å². The van der Waals surface area contributed by atoms with Crippen LogP contribution in [0, 0.1) is 5.82 Å². The molecule has 0 aliphatic rings. The fourth-order valence-corrected chi connectivity index (χ4v) is 3.56. The van der Waals surface area contributed by atoms with Gasteiger partial charge in [0.1, 0.15) is 5.82 Å². The van der Waals surface area contributed by atoms with Gasteiger partial charge in [0.15, 0.2) is 0 Å². The van der Waals surface area contributed by atoms with Gasteiger partial charge in [-0.15, -0.1) is 0 Å². The molecule has 4 aromatic rings. The van der Waals surface area contributed by atoms with E-state index in [-0.39, 0.29) is 5.82 Å². The summed E-state index contributed by atoms with van der Waals surface area (Å²) in [5, 5.41) is 1.97. The molecular formula is C20H14ClFN2O. The predicted octanol–water partition coefficient (Wildman–Crippen LogP) is 4.73. The molecule has 0 aliphatic carbocycles. The minimum absolute atomic E-state index is 0.342. The molecule has 124 valence electrons. The van der Waals surface area contributed by atoms with Crippen LogP contribution in [0.5, 0.6) is 0 Å². The van der Waals surface area contributed by atoms with E-state index in [0.717, 1.165) is 11.1 Å². The number of nitrogens with two attached hydrogens (primary N) is 1. The molecule has 0 saturated carbocycles. The summed E-state index contributed by atoms with van der Waals surface area (Å²) in [4.78, 5) is 11.9. The highest BCUT2D eigenvalue weighted by molar-refractivity contribution is 6.30. The molecule has 0 spiro atoms. The molecule has 0 fully saturated rings. The number of carbonyl (C=O) groups is 1. The molecular weight excluding hydrogens is 339 g/mol. The summed E-state index contributed by atoms with van der Waals surface area (Å²) in [5.74, 6) is -0.872. The van der Waals surface area contributed by atoms with Crippen molar-refractivity contribution in [3.05, 3.63) is 82.6 Å². The van der Waals surface area contributed by atoms with Crippen LogP contribution in [0.3, 0.4) is 0 Å². The number of carbonyl (C=O) groups excluding carboxylic acids is 1. The highest BCUT2D eigenvalue weighted by atomic mass is 35.5. The van der Waals surface area contributed by atoms with Gasteiger partial charge >= 0.3 is 0 Å². The summed E-state index contributed by atoms with van der Waals surface area (Å²) < 4.78 is 16.5. The largest absolute Gasteiger partial charge is 0.366 e. The Morgan fingerprint density at radius 2 is 1.84 bits per heavy atom. The normalized spacial score (nSPS) is 11.3. The van der Waals surface area contributed by atoms with E-state index in [9.17, 15) is 9.18 Å². The molecule has 0 unspecified atom stereocenters. The number of para-hydroxylation sites is 1. The first-order valence-corrected chi connectivity index (χ1v) is 8.18. The third kappa shape index (κ3) is 2.55. The molecule has 2 N–H and O–H groups in total. The Labute approximate surface area is 148 Å². The van der Waals surface area contributed by atoms with Gasteiger partial charge in [0.25, 0.3) is 0 Å². The average Bonchev–Trinajstić information content (AvgIpc) is 2.90. The van der Waals surface area contributed by atoms with Gasteiger partial charge < -0.3 is 10.3 Å². The van der Waals surface area contributed by atoms with Crippen molar-refractivity contribution in [2.45, 2.75) is 6.54 Å². The Bertz CT molecular complexity index is 1130. The number of hydrogen-bond donors (Lipinski definition) is 1. The van der Waals surface area contributed by atoms with Gasteiger partial charge in [0.05, 0.1) is 11.0 Å². The van der Waals surface area contributed by atoms with Gasteiger partial charge in [0.2, 0.25) is 5.91 Å². The van der Waals surface area contributed by atoms with E-state index >= 15 is 0 Å². The summed E-state index contributed by atoms with van der Waals surface area (Å²) in [6, 6.07) is 17.6. The molecule has 0 saturated heterocycles. The first kappa shape index (κ1) is 15.7. The second-order valence-corrected chi connectivity index (χ2v) is 6.35. The Morgan fingerprint density at radius 1 is 1.08 bits per heavy atom. The van der Waals surface area contributed by atoms with Crippen molar-refractivity contribution in [2.75, 3.05) is 0 Å². The second-order valence-electron chi connectivity index (χ2n) is 5.92. The van der Waals surface area contributed by atoms with E-state index in [0.29, 0.717) is 33.4 Å². The van der Waals surface area contributed by atoms with Gasteiger partial charge in [-0.3, -0.25) is 4.79 Å². The fraction of sp³-hybridized carbons (Fsp3) is 0.0500. The number of rotatable bonds is 3. The maximum absolute atomic E-state index is 14.6. The van der Waals surface area contributed by atoms with E-state index in [4.69, 9.17) is 17.3 Å². The molecule has 3 nitrogen and oxygen atoms in total. The van der Waals surface area contributed by atoms with Crippen molar-refractivity contribution in [1.82, 2.24) is 4.57 Å². The topological polar surface area (TPSA) is 48.0 Å². The van der Waals surface area contributed by atoms with Crippen molar-refractivity contribution in [1.29, 1.82) is 0 Å². The second kappa shape index (κ2) is 5.90. The van der Waals surface area contributed by atoms with Crippen molar-refractivity contribution >= 4 is 39.3 Å². The van der Waals surface area contributed by atoms with Crippen LogP contribution in [0.2, 0.25) is 5.02 Å². The highest BCUT2D eigenvalue weighted by Crippen LogP contribution is 2.33. The summed E-state index contributed by atoms with van der Waals surface area (Å²) >= 11 is 6.08. The lowest BCUT2D eigenvalue weighted by Gasteiger charge is -2.09. The lowest BCUT2D eigenvalue weighted by Crippen LogP contribution is -2.11. The van der Waals surface area contributed by atoms with Crippen molar-refractivity contribution in [3.63, 3.8) is 0 Å². The van der Waals surface area contributed by atoms with E-state index in [1.54, 1.807) is 24.3 Å². The van der Waals surface area contributed by atoms with Gasteiger partial charge in [-0.05, 0) is 35.9 Å². The zero-order valence-corrected chi connectivity index (χ0v) is 13.9. The van der Waals surface area contributed by atoms with Crippen LogP contribution >= 0.6 is 11.6 Å². The zero-order valence-electron chi connectivity index (χ0n) is 13.2. The van der Waals surface area contributed by atoms with Crippen molar-refractivity contribution < 1.29 is 9.18 Å². The summed E-state index contributed by atoms with van der Waals surface area (Å²) in [7, 11) is 0. The van der Waals surface area contributed by atoms with E-state index < -0.39 is 5.91 Å². The van der Waals surface area contributed by atoms with Crippen LogP contribution in [0.25, 0.3) is 21.8 Å². The number of aromatic nitrogens is 1. The van der Waals surface area contributed by atoms with Gasteiger partial charge in [0, 0.05) is 27.9 Å². The number of fused-ring (bicyclic) bond motifs is 3. The van der Waals surface area contributed by atoms with Crippen molar-refractivity contribution in [3.8, 4) is 0 Å². The molecule has 4 rings (SSSR count). The van der Waals surface area contributed by atoms with Crippen LogP contribution in [0.1, 0.15) is 15.9 Å². The number of halogens is 2. The monoisotopic (exact) mass is 352 g/mol. The van der Waals surface area contributed by atoms with Crippen LogP contribution in [0.4, 0.5) is 4.39 Å². The lowest BCUT2D eigenvalue weighted by molar-refractivity contribution is 0.100. The number of amides is 1. The third-order valence-electron chi connectivity index (χ3n) is 4.35. The van der Waals surface area contributed by atoms with Crippen LogP contribution in [-0.2, 0) is 6.54 Å². The first-order chi connectivity index (χ1) is 12.1. The Hall–Kier alpha value is -2.85. The number of nitrogens with zero attached hydrogens (tertiary/aromatic N) is 1. The summed E-state index contributed by atoms with van der Waals surface area (Å²) in [5.41, 5.74) is 8.07. The molecule has 1 amide bonds. The van der Waals surface area contributed by atoms with E-state index in [1.807, 2.05) is 34.9 Å². The maximum Gasteiger partial charge on any atom is 0.249 e.